The summed E-state index contributed by atoms with van der Waals surface area (Å²) in [5.41, 5.74) is 6.90. The summed E-state index contributed by atoms with van der Waals surface area (Å²) in [6.45, 7) is 0.930. The van der Waals surface area contributed by atoms with Gasteiger partial charge in [0.1, 0.15) is 17.2 Å². The number of phenols is 1. The number of ether oxygens (including phenoxy) is 2. The number of benzene rings is 2. The van der Waals surface area contributed by atoms with Crippen LogP contribution in [0.1, 0.15) is 11.5 Å². The molecule has 4 nitrogen and oxygen atoms in total. The van der Waals surface area contributed by atoms with Crippen molar-refractivity contribution in [3.8, 4) is 17.2 Å². The fraction of sp³-hybridized carbons (Fsp3) is 0.250. The van der Waals surface area contributed by atoms with Crippen LogP contribution in [0.15, 0.2) is 48.5 Å². The van der Waals surface area contributed by atoms with E-state index in [-0.39, 0.29) is 11.7 Å². The molecule has 0 saturated heterocycles. The van der Waals surface area contributed by atoms with Gasteiger partial charge in [0.2, 0.25) is 0 Å². The standard InChI is InChI=1S/C16H19NO3/c1-19-15-6-2-4-12(8-15)13(10-17)11-20-16-7-3-5-14(18)9-16/h2-9,13,18H,10-11,17H2,1H3. The van der Waals surface area contributed by atoms with Crippen molar-refractivity contribution in [1.82, 2.24) is 0 Å². The molecule has 0 spiro atoms. The summed E-state index contributed by atoms with van der Waals surface area (Å²) < 4.78 is 10.9. The van der Waals surface area contributed by atoms with Crippen molar-refractivity contribution in [2.75, 3.05) is 20.3 Å². The van der Waals surface area contributed by atoms with E-state index in [1.807, 2.05) is 24.3 Å². The van der Waals surface area contributed by atoms with Crippen LogP contribution in [0.3, 0.4) is 0 Å². The van der Waals surface area contributed by atoms with E-state index < -0.39 is 0 Å². The zero-order valence-corrected chi connectivity index (χ0v) is 11.5. The smallest absolute Gasteiger partial charge is 0.123 e. The van der Waals surface area contributed by atoms with Crippen molar-refractivity contribution in [2.45, 2.75) is 5.92 Å². The Morgan fingerprint density at radius 3 is 2.55 bits per heavy atom. The highest BCUT2D eigenvalue weighted by Crippen LogP contribution is 2.23. The van der Waals surface area contributed by atoms with Gasteiger partial charge >= 0.3 is 0 Å². The third-order valence-electron chi connectivity index (χ3n) is 3.12. The molecule has 2 aromatic rings. The van der Waals surface area contributed by atoms with E-state index in [9.17, 15) is 5.11 Å². The van der Waals surface area contributed by atoms with Crippen molar-refractivity contribution >= 4 is 0 Å². The lowest BCUT2D eigenvalue weighted by atomic mass is 10.00. The van der Waals surface area contributed by atoms with Gasteiger partial charge in [0.15, 0.2) is 0 Å². The first-order valence-corrected chi connectivity index (χ1v) is 6.48. The average Bonchev–Trinajstić information content (AvgIpc) is 2.48. The first-order valence-electron chi connectivity index (χ1n) is 6.48. The Morgan fingerprint density at radius 1 is 1.10 bits per heavy atom. The van der Waals surface area contributed by atoms with Crippen molar-refractivity contribution in [3.63, 3.8) is 0 Å². The molecule has 0 saturated carbocycles. The average molecular weight is 273 g/mol. The van der Waals surface area contributed by atoms with Crippen LogP contribution < -0.4 is 15.2 Å². The predicted octanol–water partition coefficient (Wildman–Crippen LogP) is 2.52. The number of aromatic hydroxyl groups is 1. The Bertz CT molecular complexity index is 557. The van der Waals surface area contributed by atoms with E-state index in [1.54, 1.807) is 31.4 Å². The first-order chi connectivity index (χ1) is 9.72. The zero-order valence-electron chi connectivity index (χ0n) is 11.5. The first kappa shape index (κ1) is 14.2. The molecule has 0 aliphatic rings. The molecule has 1 atom stereocenters. The molecule has 2 rings (SSSR count). The molecule has 0 bridgehead atoms. The molecule has 2 aromatic carbocycles. The summed E-state index contributed by atoms with van der Waals surface area (Å²) in [4.78, 5) is 0. The van der Waals surface area contributed by atoms with Crippen molar-refractivity contribution in [1.29, 1.82) is 0 Å². The second-order valence-electron chi connectivity index (χ2n) is 4.52. The van der Waals surface area contributed by atoms with Gasteiger partial charge in [-0.15, -0.1) is 0 Å². The van der Waals surface area contributed by atoms with E-state index >= 15 is 0 Å². The fourth-order valence-corrected chi connectivity index (χ4v) is 1.97. The van der Waals surface area contributed by atoms with Crippen LogP contribution in [0.5, 0.6) is 17.2 Å². The largest absolute Gasteiger partial charge is 0.508 e. The van der Waals surface area contributed by atoms with Gasteiger partial charge in [-0.2, -0.15) is 0 Å². The molecule has 3 N–H and O–H groups in total. The highest BCUT2D eigenvalue weighted by atomic mass is 16.5. The zero-order chi connectivity index (χ0) is 14.4. The quantitative estimate of drug-likeness (QED) is 0.849. The van der Waals surface area contributed by atoms with Gasteiger partial charge < -0.3 is 20.3 Å². The fourth-order valence-electron chi connectivity index (χ4n) is 1.97. The molecule has 0 aliphatic carbocycles. The van der Waals surface area contributed by atoms with Crippen molar-refractivity contribution in [2.24, 2.45) is 5.73 Å². The van der Waals surface area contributed by atoms with Gasteiger partial charge in [-0.25, -0.2) is 0 Å². The molecule has 0 heterocycles. The highest BCUT2D eigenvalue weighted by molar-refractivity contribution is 5.33. The number of phenolic OH excluding ortho intramolecular Hbond substituents is 1. The van der Waals surface area contributed by atoms with Crippen LogP contribution in [0.4, 0.5) is 0 Å². The van der Waals surface area contributed by atoms with Gasteiger partial charge in [-0.3, -0.25) is 0 Å². The minimum absolute atomic E-state index is 0.0763. The highest BCUT2D eigenvalue weighted by Gasteiger charge is 2.11. The van der Waals surface area contributed by atoms with Gasteiger partial charge in [0.05, 0.1) is 13.7 Å². The third-order valence-corrected chi connectivity index (χ3v) is 3.12. The van der Waals surface area contributed by atoms with Crippen molar-refractivity contribution < 1.29 is 14.6 Å². The summed E-state index contributed by atoms with van der Waals surface area (Å²) >= 11 is 0. The lowest BCUT2D eigenvalue weighted by Crippen LogP contribution is -2.19. The lowest BCUT2D eigenvalue weighted by Gasteiger charge is -2.17. The van der Waals surface area contributed by atoms with E-state index in [2.05, 4.69) is 0 Å². The summed E-state index contributed by atoms with van der Waals surface area (Å²) in [6, 6.07) is 14.5. The van der Waals surface area contributed by atoms with Crippen LogP contribution in [0, 0.1) is 0 Å². The second kappa shape index (κ2) is 6.82. The van der Waals surface area contributed by atoms with Crippen LogP contribution >= 0.6 is 0 Å². The van der Waals surface area contributed by atoms with E-state index in [0.29, 0.717) is 18.9 Å². The maximum absolute atomic E-state index is 9.40. The SMILES string of the molecule is COc1cccc(C(CN)COc2cccc(O)c2)c1. The number of rotatable bonds is 6. The Morgan fingerprint density at radius 2 is 1.85 bits per heavy atom. The molecule has 106 valence electrons. The summed E-state index contributed by atoms with van der Waals surface area (Å²) in [5.74, 6) is 1.70. The number of hydrogen-bond donors (Lipinski definition) is 2. The predicted molar refractivity (Wildman–Crippen MR) is 78.4 cm³/mol. The van der Waals surface area contributed by atoms with Crippen LogP contribution in [-0.4, -0.2) is 25.4 Å². The normalized spacial score (nSPS) is 11.9. The second-order valence-corrected chi connectivity index (χ2v) is 4.52. The molecule has 1 unspecified atom stereocenters. The van der Waals surface area contributed by atoms with Crippen molar-refractivity contribution in [3.05, 3.63) is 54.1 Å². The minimum Gasteiger partial charge on any atom is -0.508 e. The number of nitrogens with two attached hydrogens (primary N) is 1. The molecular weight excluding hydrogens is 254 g/mol. The van der Waals surface area contributed by atoms with Crippen LogP contribution in [0.2, 0.25) is 0 Å². The number of hydrogen-bond acceptors (Lipinski definition) is 4. The maximum atomic E-state index is 9.40. The van der Waals surface area contributed by atoms with E-state index in [4.69, 9.17) is 15.2 Å². The Kier molecular flexibility index (Phi) is 4.85. The van der Waals surface area contributed by atoms with Gasteiger partial charge in [0, 0.05) is 18.5 Å². The third kappa shape index (κ3) is 3.65. The Labute approximate surface area is 118 Å². The lowest BCUT2D eigenvalue weighted by molar-refractivity contribution is 0.288. The maximum Gasteiger partial charge on any atom is 0.123 e. The van der Waals surface area contributed by atoms with E-state index in [0.717, 1.165) is 11.3 Å². The number of methoxy groups -OCH3 is 1. The molecule has 0 radical (unpaired) electrons. The van der Waals surface area contributed by atoms with E-state index in [1.165, 1.54) is 0 Å². The monoisotopic (exact) mass is 273 g/mol. The molecule has 0 aliphatic heterocycles. The summed E-state index contributed by atoms with van der Waals surface area (Å²) in [5, 5.41) is 9.40. The van der Waals surface area contributed by atoms with Gasteiger partial charge in [0.25, 0.3) is 0 Å². The molecule has 0 fully saturated rings. The molecular formula is C16H19NO3. The summed E-state index contributed by atoms with van der Waals surface area (Å²) in [6.07, 6.45) is 0. The van der Waals surface area contributed by atoms with Gasteiger partial charge in [-0.1, -0.05) is 18.2 Å². The summed E-state index contributed by atoms with van der Waals surface area (Å²) in [7, 11) is 1.64. The Hall–Kier alpha value is -2.20. The van der Waals surface area contributed by atoms with Gasteiger partial charge in [-0.05, 0) is 29.8 Å². The molecule has 4 heteroatoms. The molecule has 20 heavy (non-hydrogen) atoms. The molecule has 0 amide bonds. The van der Waals surface area contributed by atoms with Crippen LogP contribution in [0.25, 0.3) is 0 Å². The minimum atomic E-state index is 0.0763. The Balaban J connectivity index is 2.05. The van der Waals surface area contributed by atoms with Crippen LogP contribution in [-0.2, 0) is 0 Å². The topological polar surface area (TPSA) is 64.7 Å². The molecule has 0 aromatic heterocycles.